The molecule has 100 valence electrons. The van der Waals surface area contributed by atoms with Crippen LogP contribution in [0.4, 0.5) is 0 Å². The summed E-state index contributed by atoms with van der Waals surface area (Å²) in [5.41, 5.74) is 0.841. The smallest absolute Gasteiger partial charge is 0.311 e. The van der Waals surface area contributed by atoms with Crippen molar-refractivity contribution in [3.8, 4) is 5.88 Å². The second-order valence-corrected chi connectivity index (χ2v) is 4.10. The number of hydrogen-bond acceptors (Lipinski definition) is 4. The Hall–Kier alpha value is -1.78. The van der Waals surface area contributed by atoms with Crippen LogP contribution in [0, 0.1) is 0 Å². The van der Waals surface area contributed by atoms with E-state index >= 15 is 0 Å². The summed E-state index contributed by atoms with van der Waals surface area (Å²) >= 11 is 0. The van der Waals surface area contributed by atoms with E-state index in [0.717, 1.165) is 12.1 Å². The van der Waals surface area contributed by atoms with Gasteiger partial charge in [-0.3, -0.25) is 9.79 Å². The zero-order valence-corrected chi connectivity index (χ0v) is 11.3. The number of aromatic nitrogens is 1. The molecule has 1 aromatic heterocycles. The third-order valence-electron chi connectivity index (χ3n) is 2.81. The fraction of sp³-hybridized carbons (Fsp3) is 0.538. The first-order valence-electron chi connectivity index (χ1n) is 5.98. The van der Waals surface area contributed by atoms with Gasteiger partial charge in [-0.2, -0.15) is 0 Å². The Bertz CT molecular complexity index is 424. The summed E-state index contributed by atoms with van der Waals surface area (Å²) in [6, 6.07) is 3.89. The van der Waals surface area contributed by atoms with Crippen LogP contribution in [-0.4, -0.2) is 30.1 Å². The van der Waals surface area contributed by atoms with E-state index in [0.29, 0.717) is 5.88 Å². The Labute approximate surface area is 107 Å². The quantitative estimate of drug-likeness (QED) is 0.442. The van der Waals surface area contributed by atoms with E-state index in [4.69, 9.17) is 4.74 Å². The van der Waals surface area contributed by atoms with Crippen molar-refractivity contribution in [2.24, 2.45) is 12.0 Å². The zero-order valence-electron chi connectivity index (χ0n) is 11.3. The summed E-state index contributed by atoms with van der Waals surface area (Å²) in [6.07, 6.45) is 2.66. The van der Waals surface area contributed by atoms with Crippen LogP contribution in [0.3, 0.4) is 0 Å². The largest absolute Gasteiger partial charge is 0.469 e. The van der Waals surface area contributed by atoms with Gasteiger partial charge in [0.2, 0.25) is 5.88 Å². The van der Waals surface area contributed by atoms with E-state index in [1.165, 1.54) is 13.5 Å². The number of carbonyl (C=O) groups excluding carboxylic acids is 1. The third kappa shape index (κ3) is 3.91. The van der Waals surface area contributed by atoms with E-state index in [2.05, 4.69) is 16.7 Å². The predicted octanol–water partition coefficient (Wildman–Crippen LogP) is 1.95. The molecule has 5 heteroatoms. The molecule has 0 amide bonds. The van der Waals surface area contributed by atoms with Crippen molar-refractivity contribution in [3.63, 3.8) is 0 Å². The van der Waals surface area contributed by atoms with Gasteiger partial charge in [-0.05, 0) is 19.4 Å². The molecule has 0 bridgehead atoms. The maximum atomic E-state index is 11.2. The number of carbonyl (C=O) groups is 1. The van der Waals surface area contributed by atoms with Gasteiger partial charge in [0, 0.05) is 18.8 Å². The van der Waals surface area contributed by atoms with Crippen molar-refractivity contribution in [3.05, 3.63) is 17.8 Å². The molecule has 1 rings (SSSR count). The van der Waals surface area contributed by atoms with Crippen LogP contribution in [0.15, 0.2) is 17.1 Å². The van der Waals surface area contributed by atoms with Gasteiger partial charge in [0.15, 0.2) is 6.40 Å². The Balaban J connectivity index is 2.63. The molecular formula is C13H20N2O3. The highest BCUT2D eigenvalue weighted by molar-refractivity contribution is 5.72. The van der Waals surface area contributed by atoms with Crippen LogP contribution in [-0.2, 0) is 23.0 Å². The normalized spacial score (nSPS) is 12.7. The maximum Gasteiger partial charge on any atom is 0.311 e. The van der Waals surface area contributed by atoms with Crippen molar-refractivity contribution in [2.75, 3.05) is 7.11 Å². The molecule has 5 nitrogen and oxygen atoms in total. The SMILES string of the molecule is CCC(C)/N=C/Oc1ccc(CC(=O)OC)n1C. The van der Waals surface area contributed by atoms with Gasteiger partial charge >= 0.3 is 5.97 Å². The van der Waals surface area contributed by atoms with E-state index in [1.54, 1.807) is 10.6 Å². The molecule has 0 aliphatic rings. The van der Waals surface area contributed by atoms with Gasteiger partial charge in [0.05, 0.1) is 19.6 Å². The van der Waals surface area contributed by atoms with Gasteiger partial charge in [-0.15, -0.1) is 0 Å². The second-order valence-electron chi connectivity index (χ2n) is 4.10. The summed E-state index contributed by atoms with van der Waals surface area (Å²) < 4.78 is 11.9. The minimum absolute atomic E-state index is 0.235. The summed E-state index contributed by atoms with van der Waals surface area (Å²) in [7, 11) is 3.21. The van der Waals surface area contributed by atoms with E-state index in [9.17, 15) is 4.79 Å². The van der Waals surface area contributed by atoms with Crippen LogP contribution in [0.25, 0.3) is 0 Å². The number of hydrogen-bond donors (Lipinski definition) is 0. The lowest BCUT2D eigenvalue weighted by atomic mass is 10.3. The zero-order chi connectivity index (χ0) is 13.5. The average molecular weight is 252 g/mol. The van der Waals surface area contributed by atoms with Crippen molar-refractivity contribution in [2.45, 2.75) is 32.7 Å². The lowest BCUT2D eigenvalue weighted by Crippen LogP contribution is -2.09. The van der Waals surface area contributed by atoms with Crippen LogP contribution in [0.2, 0.25) is 0 Å². The van der Waals surface area contributed by atoms with Gasteiger partial charge in [-0.25, -0.2) is 0 Å². The highest BCUT2D eigenvalue weighted by atomic mass is 16.5. The Morgan fingerprint density at radius 2 is 2.28 bits per heavy atom. The second kappa shape index (κ2) is 6.83. The number of nitrogens with zero attached hydrogens (tertiary/aromatic N) is 2. The highest BCUT2D eigenvalue weighted by Crippen LogP contribution is 2.15. The predicted molar refractivity (Wildman–Crippen MR) is 70.0 cm³/mol. The molecule has 0 spiro atoms. The topological polar surface area (TPSA) is 52.8 Å². The molecule has 0 aliphatic carbocycles. The summed E-state index contributed by atoms with van der Waals surface area (Å²) in [6.45, 7) is 4.09. The molecule has 1 unspecified atom stereocenters. The van der Waals surface area contributed by atoms with Crippen LogP contribution < -0.4 is 4.74 Å². The molecule has 1 aromatic rings. The van der Waals surface area contributed by atoms with E-state index in [-0.39, 0.29) is 18.4 Å². The molecule has 0 aromatic carbocycles. The van der Waals surface area contributed by atoms with Crippen molar-refractivity contribution < 1.29 is 14.3 Å². The highest BCUT2D eigenvalue weighted by Gasteiger charge is 2.09. The van der Waals surface area contributed by atoms with Crippen LogP contribution >= 0.6 is 0 Å². The minimum atomic E-state index is -0.268. The fourth-order valence-corrected chi connectivity index (χ4v) is 1.34. The first-order chi connectivity index (χ1) is 8.58. The lowest BCUT2D eigenvalue weighted by Gasteiger charge is -2.06. The van der Waals surface area contributed by atoms with E-state index in [1.807, 2.05) is 20.0 Å². The van der Waals surface area contributed by atoms with Gasteiger partial charge in [-0.1, -0.05) is 6.92 Å². The van der Waals surface area contributed by atoms with Crippen LogP contribution in [0.1, 0.15) is 26.0 Å². The molecule has 0 aliphatic heterocycles. The van der Waals surface area contributed by atoms with Crippen molar-refractivity contribution in [1.29, 1.82) is 0 Å². The summed E-state index contributed by atoms with van der Waals surface area (Å²) in [4.78, 5) is 15.4. The number of aliphatic imine (C=N–C) groups is 1. The molecule has 1 heterocycles. The molecule has 0 saturated heterocycles. The van der Waals surface area contributed by atoms with Crippen molar-refractivity contribution >= 4 is 12.4 Å². The van der Waals surface area contributed by atoms with Gasteiger partial charge in [0.25, 0.3) is 0 Å². The first-order valence-corrected chi connectivity index (χ1v) is 5.98. The minimum Gasteiger partial charge on any atom is -0.469 e. The molecule has 1 atom stereocenters. The summed E-state index contributed by atoms with van der Waals surface area (Å²) in [5, 5.41) is 0. The maximum absolute atomic E-state index is 11.2. The standard InChI is InChI=1S/C13H20N2O3/c1-5-10(2)14-9-18-12-7-6-11(15(12)3)8-13(16)17-4/h6-7,9-10H,5,8H2,1-4H3/b14-9+. The fourth-order valence-electron chi connectivity index (χ4n) is 1.34. The Morgan fingerprint density at radius 3 is 2.89 bits per heavy atom. The van der Waals surface area contributed by atoms with Crippen molar-refractivity contribution in [1.82, 2.24) is 4.57 Å². The average Bonchev–Trinajstić information content (AvgIpc) is 2.71. The molecule has 18 heavy (non-hydrogen) atoms. The molecule has 0 radical (unpaired) electrons. The Kier molecular flexibility index (Phi) is 5.42. The number of methoxy groups -OCH3 is 1. The number of esters is 1. The number of ether oxygens (including phenoxy) is 2. The Morgan fingerprint density at radius 1 is 1.56 bits per heavy atom. The monoisotopic (exact) mass is 252 g/mol. The number of rotatable bonds is 6. The lowest BCUT2D eigenvalue weighted by molar-refractivity contribution is -0.139. The third-order valence-corrected chi connectivity index (χ3v) is 2.81. The molecule has 0 N–H and O–H groups in total. The van der Waals surface area contributed by atoms with Gasteiger partial charge in [0.1, 0.15) is 0 Å². The molecule has 0 fully saturated rings. The van der Waals surface area contributed by atoms with Crippen LogP contribution in [0.5, 0.6) is 5.88 Å². The van der Waals surface area contributed by atoms with E-state index < -0.39 is 0 Å². The molecular weight excluding hydrogens is 232 g/mol. The molecule has 0 saturated carbocycles. The van der Waals surface area contributed by atoms with Gasteiger partial charge < -0.3 is 14.0 Å². The summed E-state index contributed by atoms with van der Waals surface area (Å²) in [5.74, 6) is 0.386. The first kappa shape index (κ1) is 14.3.